The van der Waals surface area contributed by atoms with Gasteiger partial charge in [0.15, 0.2) is 0 Å². The maximum atomic E-state index is 12.8. The Labute approximate surface area is 204 Å². The Morgan fingerprint density at radius 3 is 2.34 bits per heavy atom. The number of aromatic amines is 1. The summed E-state index contributed by atoms with van der Waals surface area (Å²) in [6.45, 7) is 1.47. The summed E-state index contributed by atoms with van der Waals surface area (Å²) in [6, 6.07) is 19.4. The topological polar surface area (TPSA) is 122 Å². The molecule has 0 saturated heterocycles. The molecule has 9 nitrogen and oxygen atoms in total. The van der Waals surface area contributed by atoms with Gasteiger partial charge in [0.1, 0.15) is 11.5 Å². The molecule has 3 rings (SSSR count). The van der Waals surface area contributed by atoms with Crippen molar-refractivity contribution in [3.8, 4) is 0 Å². The molecular formula is C26H33N5O4. The van der Waals surface area contributed by atoms with Crippen molar-refractivity contribution in [1.82, 2.24) is 14.9 Å². The van der Waals surface area contributed by atoms with E-state index in [-0.39, 0.29) is 30.5 Å². The quantitative estimate of drug-likeness (QED) is 0.321. The average Bonchev–Trinajstić information content (AvgIpc) is 2.85. The van der Waals surface area contributed by atoms with E-state index in [1.165, 1.54) is 10.1 Å². The van der Waals surface area contributed by atoms with Gasteiger partial charge in [0, 0.05) is 26.8 Å². The van der Waals surface area contributed by atoms with Crippen molar-refractivity contribution >= 4 is 17.4 Å². The number of hydrogen-bond acceptors (Lipinski definition) is 6. The van der Waals surface area contributed by atoms with Gasteiger partial charge < -0.3 is 20.7 Å². The third-order valence-electron chi connectivity index (χ3n) is 5.63. The molecule has 2 aromatic carbocycles. The molecule has 9 heteroatoms. The summed E-state index contributed by atoms with van der Waals surface area (Å²) in [5.74, 6) is -0.202. The van der Waals surface area contributed by atoms with Gasteiger partial charge in [0.05, 0.1) is 13.1 Å². The number of amides is 1. The summed E-state index contributed by atoms with van der Waals surface area (Å²) >= 11 is 0. The van der Waals surface area contributed by atoms with E-state index in [9.17, 15) is 14.4 Å². The van der Waals surface area contributed by atoms with E-state index in [1.54, 1.807) is 12.0 Å². The summed E-state index contributed by atoms with van der Waals surface area (Å²) in [6.07, 6.45) is 2.23. The second kappa shape index (κ2) is 13.1. The fourth-order valence-electron chi connectivity index (χ4n) is 3.87. The molecule has 0 spiro atoms. The van der Waals surface area contributed by atoms with Gasteiger partial charge in [-0.05, 0) is 30.4 Å². The first-order valence-electron chi connectivity index (χ1n) is 11.7. The molecule has 186 valence electrons. The van der Waals surface area contributed by atoms with E-state index in [1.807, 2.05) is 48.5 Å². The van der Waals surface area contributed by atoms with Gasteiger partial charge in [-0.15, -0.1) is 0 Å². The minimum absolute atomic E-state index is 0.0249. The summed E-state index contributed by atoms with van der Waals surface area (Å²) in [4.78, 5) is 42.0. The lowest BCUT2D eigenvalue weighted by Gasteiger charge is -2.25. The monoisotopic (exact) mass is 479 g/mol. The molecule has 0 radical (unpaired) electrons. The second-order valence-corrected chi connectivity index (χ2v) is 8.27. The third-order valence-corrected chi connectivity index (χ3v) is 5.63. The lowest BCUT2D eigenvalue weighted by molar-refractivity contribution is -0.119. The Morgan fingerprint density at radius 1 is 1.03 bits per heavy atom. The van der Waals surface area contributed by atoms with Gasteiger partial charge >= 0.3 is 5.69 Å². The number of hydrogen-bond donors (Lipinski definition) is 3. The number of benzene rings is 2. The molecule has 0 saturated carbocycles. The molecule has 4 N–H and O–H groups in total. The van der Waals surface area contributed by atoms with Crippen LogP contribution >= 0.6 is 0 Å². The fraction of sp³-hybridized carbons (Fsp3) is 0.346. The molecule has 1 heterocycles. The van der Waals surface area contributed by atoms with Crippen LogP contribution in [-0.2, 0) is 22.5 Å². The minimum Gasteiger partial charge on any atom is -0.385 e. The van der Waals surface area contributed by atoms with Crippen LogP contribution in [0.1, 0.15) is 24.0 Å². The number of nitrogens with one attached hydrogen (secondary N) is 2. The highest BCUT2D eigenvalue weighted by molar-refractivity contribution is 5.82. The number of nitrogens with zero attached hydrogens (tertiary/aromatic N) is 2. The molecule has 35 heavy (non-hydrogen) atoms. The molecule has 0 atom stereocenters. The zero-order valence-electron chi connectivity index (χ0n) is 20.0. The number of nitrogens with two attached hydrogens (primary N) is 1. The predicted molar refractivity (Wildman–Crippen MR) is 138 cm³/mol. The lowest BCUT2D eigenvalue weighted by Crippen LogP contribution is -2.43. The van der Waals surface area contributed by atoms with Crippen molar-refractivity contribution in [3.63, 3.8) is 0 Å². The number of rotatable bonds is 13. The van der Waals surface area contributed by atoms with Crippen molar-refractivity contribution in [2.24, 2.45) is 0 Å². The number of carbonyl (C=O) groups is 1. The zero-order valence-corrected chi connectivity index (χ0v) is 20.0. The molecule has 0 unspecified atom stereocenters. The van der Waals surface area contributed by atoms with Gasteiger partial charge in [0.25, 0.3) is 5.56 Å². The van der Waals surface area contributed by atoms with Crippen LogP contribution in [0.25, 0.3) is 0 Å². The maximum Gasteiger partial charge on any atom is 0.330 e. The van der Waals surface area contributed by atoms with E-state index in [4.69, 9.17) is 10.5 Å². The number of carbonyl (C=O) groups excluding carboxylic acids is 1. The Morgan fingerprint density at radius 2 is 1.69 bits per heavy atom. The number of aryl methyl sites for hydroxylation is 1. The number of methoxy groups -OCH3 is 1. The van der Waals surface area contributed by atoms with Crippen LogP contribution in [-0.4, -0.2) is 48.8 Å². The molecule has 3 aromatic rings. The van der Waals surface area contributed by atoms with Crippen LogP contribution in [0, 0.1) is 0 Å². The van der Waals surface area contributed by atoms with E-state index >= 15 is 0 Å². The smallest absolute Gasteiger partial charge is 0.330 e. The second-order valence-electron chi connectivity index (χ2n) is 8.27. The fourth-order valence-corrected chi connectivity index (χ4v) is 3.87. The third kappa shape index (κ3) is 7.58. The number of anilines is 2. The van der Waals surface area contributed by atoms with Crippen LogP contribution in [0.15, 0.2) is 70.3 Å². The maximum absolute atomic E-state index is 12.8. The Bertz CT molecular complexity index is 1190. The van der Waals surface area contributed by atoms with E-state index < -0.39 is 11.2 Å². The van der Waals surface area contributed by atoms with Crippen molar-refractivity contribution in [1.29, 1.82) is 0 Å². The standard InChI is InChI=1S/C26H33N5O4/c1-35-17-9-16-30(19-22(32)28-15-8-14-20-10-4-2-5-11-20)23-24(27)31(26(34)29-25(23)33)18-21-12-6-3-7-13-21/h2-7,10-13H,8-9,14-19,27H2,1H3,(H,28,32)(H,29,33,34). The summed E-state index contributed by atoms with van der Waals surface area (Å²) in [5, 5.41) is 2.91. The first-order valence-corrected chi connectivity index (χ1v) is 11.7. The highest BCUT2D eigenvalue weighted by atomic mass is 16.5. The average molecular weight is 480 g/mol. The van der Waals surface area contributed by atoms with E-state index in [2.05, 4.69) is 22.4 Å². The van der Waals surface area contributed by atoms with Crippen molar-refractivity contribution in [2.45, 2.75) is 25.8 Å². The predicted octanol–water partition coefficient (Wildman–Crippen LogP) is 1.76. The van der Waals surface area contributed by atoms with Crippen molar-refractivity contribution in [3.05, 3.63) is 92.6 Å². The molecule has 1 amide bonds. The van der Waals surface area contributed by atoms with Crippen LogP contribution in [0.4, 0.5) is 11.5 Å². The zero-order chi connectivity index (χ0) is 25.0. The molecule has 0 bridgehead atoms. The number of nitrogen functional groups attached to an aromatic ring is 1. The van der Waals surface area contributed by atoms with Gasteiger partial charge in [-0.25, -0.2) is 4.79 Å². The van der Waals surface area contributed by atoms with Crippen LogP contribution in [0.2, 0.25) is 0 Å². The number of ether oxygens (including phenoxy) is 1. The van der Waals surface area contributed by atoms with Gasteiger partial charge in [0.2, 0.25) is 5.91 Å². The Balaban J connectivity index is 1.74. The SMILES string of the molecule is COCCCN(CC(=O)NCCCc1ccccc1)c1c(N)n(Cc2ccccc2)c(=O)[nH]c1=O. The van der Waals surface area contributed by atoms with E-state index in [0.29, 0.717) is 26.1 Å². The Hall–Kier alpha value is -3.85. The van der Waals surface area contributed by atoms with Crippen molar-refractivity contribution < 1.29 is 9.53 Å². The van der Waals surface area contributed by atoms with Crippen molar-refractivity contribution in [2.75, 3.05) is 44.0 Å². The number of aromatic nitrogens is 2. The molecule has 0 aliphatic carbocycles. The largest absolute Gasteiger partial charge is 0.385 e. The first kappa shape index (κ1) is 25.8. The molecule has 0 aliphatic rings. The van der Waals surface area contributed by atoms with Crippen LogP contribution in [0.5, 0.6) is 0 Å². The lowest BCUT2D eigenvalue weighted by atomic mass is 10.1. The molecule has 0 fully saturated rings. The highest BCUT2D eigenvalue weighted by Crippen LogP contribution is 2.18. The van der Waals surface area contributed by atoms with Gasteiger partial charge in [-0.3, -0.25) is 19.1 Å². The minimum atomic E-state index is -0.619. The van der Waals surface area contributed by atoms with Gasteiger partial charge in [-0.2, -0.15) is 0 Å². The summed E-state index contributed by atoms with van der Waals surface area (Å²) in [5.41, 5.74) is 7.30. The van der Waals surface area contributed by atoms with E-state index in [0.717, 1.165) is 18.4 Å². The first-order chi connectivity index (χ1) is 17.0. The molecule has 1 aromatic heterocycles. The van der Waals surface area contributed by atoms with Crippen LogP contribution in [0.3, 0.4) is 0 Å². The van der Waals surface area contributed by atoms with Crippen LogP contribution < -0.4 is 27.2 Å². The highest BCUT2D eigenvalue weighted by Gasteiger charge is 2.21. The molecule has 0 aliphatic heterocycles. The van der Waals surface area contributed by atoms with Gasteiger partial charge in [-0.1, -0.05) is 60.7 Å². The summed E-state index contributed by atoms with van der Waals surface area (Å²) < 4.78 is 6.45. The molecular weight excluding hydrogens is 446 g/mol. The number of H-pyrrole nitrogens is 1. The normalized spacial score (nSPS) is 10.8. The summed E-state index contributed by atoms with van der Waals surface area (Å²) in [7, 11) is 1.59. The Kier molecular flexibility index (Phi) is 9.68.